The molecule has 5 aliphatic rings. The van der Waals surface area contributed by atoms with E-state index < -0.39 is 23.2 Å². The lowest BCUT2D eigenvalue weighted by atomic mass is 9.45. The molecule has 5 fully saturated rings. The van der Waals surface area contributed by atoms with Crippen molar-refractivity contribution in [1.29, 1.82) is 0 Å². The number of nitrogens with zero attached hydrogens (tertiary/aromatic N) is 1. The summed E-state index contributed by atoms with van der Waals surface area (Å²) >= 11 is 0. The lowest BCUT2D eigenvalue weighted by Gasteiger charge is -2.62. The summed E-state index contributed by atoms with van der Waals surface area (Å²) in [7, 11) is 0. The molecule has 2 aromatic rings. The predicted octanol–water partition coefficient (Wildman–Crippen LogP) is 4.54. The average Bonchev–Trinajstić information content (AvgIpc) is 3.41. The smallest absolute Gasteiger partial charge is 0.251 e. The molecule has 0 aromatic heterocycles. The quantitative estimate of drug-likeness (QED) is 0.335. The number of carbonyl (C=O) groups is 2. The van der Waals surface area contributed by atoms with Gasteiger partial charge in [-0.25, -0.2) is 0 Å². The molecular weight excluding hydrogens is 554 g/mol. The fourth-order valence-corrected chi connectivity index (χ4v) is 8.69. The van der Waals surface area contributed by atoms with Crippen LogP contribution in [0.1, 0.15) is 76.7 Å². The topological polar surface area (TPSA) is 111 Å². The van der Waals surface area contributed by atoms with Crippen LogP contribution in [0.2, 0.25) is 0 Å². The van der Waals surface area contributed by atoms with E-state index in [4.69, 9.17) is 4.84 Å². The van der Waals surface area contributed by atoms with Gasteiger partial charge in [0.15, 0.2) is 0 Å². The van der Waals surface area contributed by atoms with Gasteiger partial charge in [-0.05, 0) is 90.2 Å². The highest BCUT2D eigenvalue weighted by atomic mass is 16.7. The molecule has 44 heavy (non-hydrogen) atoms. The van der Waals surface area contributed by atoms with Gasteiger partial charge in [0.2, 0.25) is 5.91 Å². The van der Waals surface area contributed by atoms with Gasteiger partial charge < -0.3 is 20.8 Å². The molecule has 8 heteroatoms. The number of hydrogen-bond donors (Lipinski definition) is 4. The molecule has 2 bridgehead atoms. The molecule has 4 saturated carbocycles. The van der Waals surface area contributed by atoms with E-state index in [1.807, 2.05) is 48.5 Å². The average molecular weight is 604 g/mol. The van der Waals surface area contributed by atoms with Gasteiger partial charge in [0, 0.05) is 18.2 Å². The van der Waals surface area contributed by atoms with Gasteiger partial charge in [0.25, 0.3) is 5.91 Å². The van der Waals surface area contributed by atoms with Crippen LogP contribution in [0, 0.1) is 34.5 Å². The minimum Gasteiger partial charge on any atom is -0.394 e. The fraction of sp³-hybridized carbons (Fsp3) is 0.611. The summed E-state index contributed by atoms with van der Waals surface area (Å²) in [6, 6.07) is 14.9. The first-order valence-corrected chi connectivity index (χ1v) is 16.3. The number of aliphatic hydroxyl groups excluding tert-OH is 1. The van der Waals surface area contributed by atoms with Gasteiger partial charge in [-0.2, -0.15) is 5.06 Å². The number of nitrogens with one attached hydrogen (secondary N) is 2. The van der Waals surface area contributed by atoms with Crippen molar-refractivity contribution in [2.45, 2.75) is 91.1 Å². The first-order chi connectivity index (χ1) is 20.8. The van der Waals surface area contributed by atoms with Crippen LogP contribution in [0.25, 0.3) is 11.1 Å². The molecule has 2 aromatic carbocycles. The standard InChI is InChI=1S/C36H49N3O5/c1-21(2)17-37-32(41)26-12-8-11-25(14-26)24-10-7-9-23(13-24)18-39-31(36(20-35(36,6)43)30(19-40)44-39)33(42)38-29-16-27-15-28(22(29)3)34(27,4)5/h7-14,21-22,27-31,40,43H,15-20H2,1-6H3,(H,37,41)(H,38,42)/t22-,27+,28-,29-,30-,31+,35?,36+/m0/s1. The Morgan fingerprint density at radius 1 is 1.07 bits per heavy atom. The second-order valence-electron chi connectivity index (χ2n) is 15.2. The van der Waals surface area contributed by atoms with Crippen molar-refractivity contribution in [3.8, 4) is 11.1 Å². The van der Waals surface area contributed by atoms with Crippen molar-refractivity contribution in [3.63, 3.8) is 0 Å². The minimum absolute atomic E-state index is 0.0865. The summed E-state index contributed by atoms with van der Waals surface area (Å²) in [6.45, 7) is 13.5. The molecule has 2 amide bonds. The number of fused-ring (bicyclic) bond motifs is 2. The highest BCUT2D eigenvalue weighted by Crippen LogP contribution is 2.66. The number of aliphatic hydroxyl groups is 2. The molecule has 4 aliphatic carbocycles. The van der Waals surface area contributed by atoms with Gasteiger partial charge in [0.1, 0.15) is 12.1 Å². The van der Waals surface area contributed by atoms with Crippen LogP contribution in [0.5, 0.6) is 0 Å². The minimum atomic E-state index is -1.11. The Balaban J connectivity index is 1.23. The summed E-state index contributed by atoms with van der Waals surface area (Å²) in [5.41, 5.74) is 1.73. The molecule has 1 saturated heterocycles. The predicted molar refractivity (Wildman–Crippen MR) is 169 cm³/mol. The van der Waals surface area contributed by atoms with Gasteiger partial charge in [-0.15, -0.1) is 0 Å². The van der Waals surface area contributed by atoms with E-state index in [0.29, 0.717) is 54.2 Å². The van der Waals surface area contributed by atoms with Crippen molar-refractivity contribution >= 4 is 11.8 Å². The van der Waals surface area contributed by atoms with Crippen LogP contribution in [-0.2, 0) is 16.2 Å². The maximum absolute atomic E-state index is 14.2. The monoisotopic (exact) mass is 603 g/mol. The van der Waals surface area contributed by atoms with Crippen LogP contribution in [0.4, 0.5) is 0 Å². The van der Waals surface area contributed by atoms with Crippen molar-refractivity contribution < 1.29 is 24.6 Å². The maximum atomic E-state index is 14.2. The Bertz CT molecular complexity index is 1420. The zero-order chi connectivity index (χ0) is 31.6. The first kappa shape index (κ1) is 31.2. The van der Waals surface area contributed by atoms with Crippen LogP contribution < -0.4 is 10.6 Å². The molecule has 8 atom stereocenters. The lowest BCUT2D eigenvalue weighted by Crippen LogP contribution is -2.62. The second-order valence-corrected chi connectivity index (χ2v) is 15.2. The van der Waals surface area contributed by atoms with Gasteiger partial charge in [0.05, 0.1) is 24.2 Å². The van der Waals surface area contributed by atoms with Gasteiger partial charge >= 0.3 is 0 Å². The zero-order valence-electron chi connectivity index (χ0n) is 27.0. The van der Waals surface area contributed by atoms with E-state index in [0.717, 1.165) is 23.1 Å². The number of rotatable bonds is 9. The zero-order valence-corrected chi connectivity index (χ0v) is 27.0. The van der Waals surface area contributed by atoms with E-state index in [1.165, 1.54) is 6.42 Å². The van der Waals surface area contributed by atoms with E-state index in [2.05, 4.69) is 45.3 Å². The van der Waals surface area contributed by atoms with Crippen LogP contribution in [0.3, 0.4) is 0 Å². The molecule has 0 radical (unpaired) electrons. The molecule has 7 rings (SSSR count). The Kier molecular flexibility index (Phi) is 7.97. The number of amides is 2. The van der Waals surface area contributed by atoms with Crippen molar-refractivity contribution in [2.75, 3.05) is 13.2 Å². The molecule has 1 heterocycles. The van der Waals surface area contributed by atoms with Crippen LogP contribution >= 0.6 is 0 Å². The summed E-state index contributed by atoms with van der Waals surface area (Å²) in [4.78, 5) is 33.2. The largest absolute Gasteiger partial charge is 0.394 e. The van der Waals surface area contributed by atoms with Crippen LogP contribution in [0.15, 0.2) is 48.5 Å². The fourth-order valence-electron chi connectivity index (χ4n) is 8.69. The summed E-state index contributed by atoms with van der Waals surface area (Å²) < 4.78 is 0. The maximum Gasteiger partial charge on any atom is 0.251 e. The molecule has 1 unspecified atom stereocenters. The van der Waals surface area contributed by atoms with Gasteiger partial charge in [-0.1, -0.05) is 65.0 Å². The molecule has 238 valence electrons. The third-order valence-corrected chi connectivity index (χ3v) is 11.6. The molecular formula is C36H49N3O5. The molecule has 1 spiro atoms. The number of carbonyl (C=O) groups excluding carboxylic acids is 2. The second kappa shape index (κ2) is 11.2. The Hall–Kier alpha value is -2.78. The Morgan fingerprint density at radius 3 is 2.36 bits per heavy atom. The van der Waals surface area contributed by atoms with Crippen molar-refractivity contribution in [3.05, 3.63) is 59.7 Å². The number of hydrogen-bond acceptors (Lipinski definition) is 6. The van der Waals surface area contributed by atoms with E-state index in [-0.39, 0.29) is 24.5 Å². The third kappa shape index (κ3) is 5.17. The SMILES string of the molecule is CC(C)CNC(=O)c1cccc(-c2cccc(CN3O[C@@H](CO)[C@]4(CC4(C)O)[C@H]3C(=O)N[C@H]3C[C@H]4C[C@@H]([C@@H]3C)C4(C)C)c2)c1. The Morgan fingerprint density at radius 2 is 1.75 bits per heavy atom. The van der Waals surface area contributed by atoms with E-state index >= 15 is 0 Å². The molecule has 8 nitrogen and oxygen atoms in total. The highest BCUT2D eigenvalue weighted by molar-refractivity contribution is 5.95. The first-order valence-electron chi connectivity index (χ1n) is 16.3. The molecule has 1 aliphatic heterocycles. The number of benzene rings is 2. The third-order valence-electron chi connectivity index (χ3n) is 11.6. The van der Waals surface area contributed by atoms with Gasteiger partial charge in [-0.3, -0.25) is 14.4 Å². The Labute approximate surface area is 261 Å². The normalized spacial score (nSPS) is 35.4. The summed E-state index contributed by atoms with van der Waals surface area (Å²) in [5, 5.41) is 29.6. The highest BCUT2D eigenvalue weighted by Gasteiger charge is 2.78. The summed E-state index contributed by atoms with van der Waals surface area (Å²) in [5.74, 6) is 1.71. The lowest BCUT2D eigenvalue weighted by molar-refractivity contribution is -0.183. The molecule has 4 N–H and O–H groups in total. The number of hydroxylamine groups is 2. The van der Waals surface area contributed by atoms with E-state index in [9.17, 15) is 19.8 Å². The van der Waals surface area contributed by atoms with Crippen molar-refractivity contribution in [2.24, 2.45) is 34.5 Å². The van der Waals surface area contributed by atoms with E-state index in [1.54, 1.807) is 12.0 Å². The van der Waals surface area contributed by atoms with Crippen LogP contribution in [-0.4, -0.2) is 64.0 Å². The van der Waals surface area contributed by atoms with Crippen molar-refractivity contribution in [1.82, 2.24) is 15.7 Å². The summed E-state index contributed by atoms with van der Waals surface area (Å²) in [6.07, 6.45) is 1.91.